The average molecular weight is 515 g/mol. The third-order valence-corrected chi connectivity index (χ3v) is 6.83. The Kier molecular flexibility index (Phi) is 14.0. The van der Waals surface area contributed by atoms with Gasteiger partial charge in [-0.25, -0.2) is 0 Å². The van der Waals surface area contributed by atoms with E-state index in [1.165, 1.54) is 16.8 Å². The van der Waals surface area contributed by atoms with Gasteiger partial charge in [0, 0.05) is 65.3 Å². The molecule has 2 heterocycles. The summed E-state index contributed by atoms with van der Waals surface area (Å²) < 4.78 is 28.4. The van der Waals surface area contributed by atoms with Crippen LogP contribution in [0, 0.1) is 0 Å². The highest BCUT2D eigenvalue weighted by molar-refractivity contribution is 5.29. The Morgan fingerprint density at radius 3 is 2.73 bits per heavy atom. The number of morpholine rings is 1. The molecule has 7 nitrogen and oxygen atoms in total. The number of nitrogens with one attached hydrogen (secondary N) is 1. The first-order valence-electron chi connectivity index (χ1n) is 13.6. The Labute approximate surface area is 223 Å². The molecule has 2 atom stereocenters. The SMILES string of the molecule is C=C/C=C(\C=C1/COCCN1CCCOC)CO[C@H]1CNCCC1c1ccc(COCCCOC)cc1. The Bertz CT molecular complexity index is 839. The third kappa shape index (κ3) is 10.3. The van der Waals surface area contributed by atoms with E-state index in [4.69, 9.17) is 23.7 Å². The van der Waals surface area contributed by atoms with Crippen molar-refractivity contribution in [1.82, 2.24) is 10.2 Å². The van der Waals surface area contributed by atoms with Crippen molar-refractivity contribution < 1.29 is 23.7 Å². The van der Waals surface area contributed by atoms with Crippen LogP contribution in [0.2, 0.25) is 0 Å². The van der Waals surface area contributed by atoms with Crippen molar-refractivity contribution in [3.8, 4) is 0 Å². The minimum atomic E-state index is 0.108. The van der Waals surface area contributed by atoms with Crippen LogP contribution in [-0.2, 0) is 30.3 Å². The van der Waals surface area contributed by atoms with Crippen LogP contribution in [-0.4, -0.2) is 91.0 Å². The van der Waals surface area contributed by atoms with E-state index in [0.29, 0.717) is 32.3 Å². The van der Waals surface area contributed by atoms with Gasteiger partial charge in [0.2, 0.25) is 0 Å². The second-order valence-corrected chi connectivity index (χ2v) is 9.59. The summed E-state index contributed by atoms with van der Waals surface area (Å²) in [4.78, 5) is 2.40. The highest BCUT2D eigenvalue weighted by Gasteiger charge is 2.27. The maximum Gasteiger partial charge on any atom is 0.0865 e. The van der Waals surface area contributed by atoms with Crippen LogP contribution in [0.1, 0.15) is 36.3 Å². The monoisotopic (exact) mass is 514 g/mol. The van der Waals surface area contributed by atoms with E-state index >= 15 is 0 Å². The van der Waals surface area contributed by atoms with E-state index < -0.39 is 0 Å². The number of piperidine rings is 1. The van der Waals surface area contributed by atoms with Gasteiger partial charge in [-0.1, -0.05) is 43.0 Å². The molecule has 2 saturated heterocycles. The van der Waals surface area contributed by atoms with Gasteiger partial charge in [0.05, 0.1) is 32.5 Å². The van der Waals surface area contributed by atoms with Gasteiger partial charge in [-0.05, 0) is 48.6 Å². The number of benzene rings is 1. The minimum Gasteiger partial charge on any atom is -0.385 e. The van der Waals surface area contributed by atoms with Crippen LogP contribution in [0.15, 0.2) is 60.3 Å². The zero-order valence-corrected chi connectivity index (χ0v) is 22.8. The van der Waals surface area contributed by atoms with E-state index in [9.17, 15) is 0 Å². The maximum absolute atomic E-state index is 6.53. The fourth-order valence-electron chi connectivity index (χ4n) is 4.82. The van der Waals surface area contributed by atoms with Gasteiger partial charge in [0.25, 0.3) is 0 Å². The molecule has 1 unspecified atom stereocenters. The van der Waals surface area contributed by atoms with Crippen molar-refractivity contribution in [3.05, 3.63) is 71.5 Å². The molecule has 7 heteroatoms. The van der Waals surface area contributed by atoms with Crippen molar-refractivity contribution in [3.63, 3.8) is 0 Å². The quantitative estimate of drug-likeness (QED) is 0.264. The lowest BCUT2D eigenvalue weighted by Crippen LogP contribution is -2.41. The van der Waals surface area contributed by atoms with Crippen LogP contribution >= 0.6 is 0 Å². The van der Waals surface area contributed by atoms with Gasteiger partial charge in [0.15, 0.2) is 0 Å². The van der Waals surface area contributed by atoms with E-state index in [1.807, 2.05) is 12.2 Å². The highest BCUT2D eigenvalue weighted by atomic mass is 16.5. The van der Waals surface area contributed by atoms with E-state index in [0.717, 1.165) is 70.8 Å². The Morgan fingerprint density at radius 1 is 1.14 bits per heavy atom. The topological polar surface area (TPSA) is 61.4 Å². The molecule has 37 heavy (non-hydrogen) atoms. The number of methoxy groups -OCH3 is 2. The molecular weight excluding hydrogens is 468 g/mol. The van der Waals surface area contributed by atoms with Crippen LogP contribution in [0.3, 0.4) is 0 Å². The van der Waals surface area contributed by atoms with Crippen LogP contribution in [0.4, 0.5) is 0 Å². The first kappa shape index (κ1) is 29.6. The zero-order valence-electron chi connectivity index (χ0n) is 22.8. The largest absolute Gasteiger partial charge is 0.385 e. The predicted molar refractivity (Wildman–Crippen MR) is 148 cm³/mol. The smallest absolute Gasteiger partial charge is 0.0865 e. The number of allylic oxidation sites excluding steroid dienone is 2. The molecule has 2 aliphatic heterocycles. The Hall–Kier alpha value is -2.00. The third-order valence-electron chi connectivity index (χ3n) is 6.83. The van der Waals surface area contributed by atoms with Gasteiger partial charge < -0.3 is 33.9 Å². The summed E-state index contributed by atoms with van der Waals surface area (Å²) in [6, 6.07) is 8.83. The van der Waals surface area contributed by atoms with Crippen LogP contribution < -0.4 is 5.32 Å². The molecule has 0 amide bonds. The summed E-state index contributed by atoms with van der Waals surface area (Å²) >= 11 is 0. The van der Waals surface area contributed by atoms with Crippen molar-refractivity contribution in [1.29, 1.82) is 0 Å². The fraction of sp³-hybridized carbons (Fsp3) is 0.600. The molecular formula is C30H46N2O5. The van der Waals surface area contributed by atoms with Crippen molar-refractivity contribution in [2.45, 2.75) is 37.9 Å². The maximum atomic E-state index is 6.53. The summed E-state index contributed by atoms with van der Waals surface area (Å²) in [6.07, 6.45) is 9.17. The summed E-state index contributed by atoms with van der Waals surface area (Å²) in [5, 5.41) is 3.51. The number of rotatable bonds is 16. The van der Waals surface area contributed by atoms with Crippen LogP contribution in [0.25, 0.3) is 0 Å². The number of ether oxygens (including phenoxy) is 5. The lowest BCUT2D eigenvalue weighted by atomic mass is 9.87. The Balaban J connectivity index is 1.58. The molecule has 1 N–H and O–H groups in total. The van der Waals surface area contributed by atoms with Gasteiger partial charge >= 0.3 is 0 Å². The van der Waals surface area contributed by atoms with Gasteiger partial charge in [-0.2, -0.15) is 0 Å². The molecule has 0 saturated carbocycles. The molecule has 0 spiro atoms. The summed E-state index contributed by atoms with van der Waals surface area (Å²) in [5.74, 6) is 0.360. The summed E-state index contributed by atoms with van der Waals surface area (Å²) in [5.41, 5.74) is 4.82. The molecule has 0 bridgehead atoms. The first-order valence-corrected chi connectivity index (χ1v) is 13.6. The lowest BCUT2D eigenvalue weighted by molar-refractivity contribution is 0.0360. The molecule has 3 rings (SSSR count). The van der Waals surface area contributed by atoms with E-state index in [-0.39, 0.29) is 6.10 Å². The fourth-order valence-corrected chi connectivity index (χ4v) is 4.82. The molecule has 0 aromatic heterocycles. The highest BCUT2D eigenvalue weighted by Crippen LogP contribution is 2.29. The van der Waals surface area contributed by atoms with Gasteiger partial charge in [-0.15, -0.1) is 0 Å². The molecule has 1 aromatic carbocycles. The van der Waals surface area contributed by atoms with Crippen molar-refractivity contribution >= 4 is 0 Å². The summed E-state index contributed by atoms with van der Waals surface area (Å²) in [6.45, 7) is 12.4. The second kappa shape index (κ2) is 17.5. The summed E-state index contributed by atoms with van der Waals surface area (Å²) in [7, 11) is 3.47. The molecule has 0 aliphatic carbocycles. The number of hydrogen-bond donors (Lipinski definition) is 1. The lowest BCUT2D eigenvalue weighted by Gasteiger charge is -2.33. The van der Waals surface area contributed by atoms with Crippen LogP contribution in [0.5, 0.6) is 0 Å². The normalized spacial score (nSPS) is 21.9. The molecule has 206 valence electrons. The standard InChI is InChI=1S/C30H46N2O5/c1-4-7-26(20-28-24-36-19-15-32(28)14-5-16-33-2)23-37-30-21-31-13-12-29(30)27-10-8-25(9-11-27)22-35-18-6-17-34-3/h4,7-11,20,29-31H,1,5-6,12-19,21-24H2,2-3H3/b26-7+,28-20+/t29?,30-/m0/s1. The second-order valence-electron chi connectivity index (χ2n) is 9.59. The first-order chi connectivity index (χ1) is 18.2. The van der Waals surface area contributed by atoms with Crippen molar-refractivity contribution in [2.75, 3.05) is 80.0 Å². The van der Waals surface area contributed by atoms with E-state index in [2.05, 4.69) is 47.1 Å². The van der Waals surface area contributed by atoms with E-state index in [1.54, 1.807) is 14.2 Å². The Morgan fingerprint density at radius 2 is 1.95 bits per heavy atom. The minimum absolute atomic E-state index is 0.108. The van der Waals surface area contributed by atoms with Gasteiger partial charge in [0.1, 0.15) is 0 Å². The zero-order chi connectivity index (χ0) is 26.1. The number of nitrogens with zero attached hydrogens (tertiary/aromatic N) is 1. The number of hydrogen-bond acceptors (Lipinski definition) is 7. The predicted octanol–water partition coefficient (Wildman–Crippen LogP) is 4.07. The molecule has 0 radical (unpaired) electrons. The molecule has 2 fully saturated rings. The molecule has 1 aromatic rings. The average Bonchev–Trinajstić information content (AvgIpc) is 2.93. The van der Waals surface area contributed by atoms with Gasteiger partial charge in [-0.3, -0.25) is 0 Å². The molecule has 2 aliphatic rings. The van der Waals surface area contributed by atoms with Crippen molar-refractivity contribution in [2.24, 2.45) is 0 Å².